The van der Waals surface area contributed by atoms with Gasteiger partial charge < -0.3 is 0 Å². The molecule has 1 rings (SSSR count). The molecule has 46 valence electrons. The summed E-state index contributed by atoms with van der Waals surface area (Å²) in [7, 11) is 0. The van der Waals surface area contributed by atoms with Crippen molar-refractivity contribution in [3.8, 4) is 0 Å². The van der Waals surface area contributed by atoms with Gasteiger partial charge in [0.1, 0.15) is 0 Å². The quantitative estimate of drug-likeness (QED) is 0.468. The largest absolute Gasteiger partial charge is 0.264 e. The van der Waals surface area contributed by atoms with Crippen LogP contribution in [0.1, 0.15) is 13.3 Å². The molecule has 0 aliphatic carbocycles. The van der Waals surface area contributed by atoms with Gasteiger partial charge in [-0.15, -0.1) is 5.73 Å². The minimum absolute atomic E-state index is 1.02. The van der Waals surface area contributed by atoms with Crippen LogP contribution in [0.2, 0.25) is 0 Å². The highest BCUT2D eigenvalue weighted by molar-refractivity contribution is 5.72. The van der Waals surface area contributed by atoms with E-state index in [1.54, 1.807) is 12.4 Å². The third-order valence-electron chi connectivity index (χ3n) is 1.17. The molecule has 1 heteroatoms. The first kappa shape index (κ1) is 6.06. The van der Waals surface area contributed by atoms with Crippen molar-refractivity contribution in [2.75, 3.05) is 0 Å². The van der Waals surface area contributed by atoms with E-state index in [0.29, 0.717) is 0 Å². The highest BCUT2D eigenvalue weighted by Gasteiger charge is 1.83. The Labute approximate surface area is 55.1 Å². The van der Waals surface area contributed by atoms with E-state index >= 15 is 0 Å². The van der Waals surface area contributed by atoms with Crippen molar-refractivity contribution >= 4 is 6.21 Å². The van der Waals surface area contributed by atoms with Gasteiger partial charge in [0.15, 0.2) is 0 Å². The SMILES string of the molecule is CCC1=C=CC=NC=C1. The smallest absolute Gasteiger partial charge is 0.0345 e. The molecule has 0 spiro atoms. The van der Waals surface area contributed by atoms with Crippen LogP contribution in [0, 0.1) is 0 Å². The van der Waals surface area contributed by atoms with Crippen molar-refractivity contribution in [2.45, 2.75) is 13.3 Å². The number of hydrogen-bond acceptors (Lipinski definition) is 1. The standard InChI is InChI=1S/C8H9N/c1-2-8-4-3-6-9-7-5-8/h3,5-7H,2H2,1H3. The third kappa shape index (κ3) is 1.71. The Hall–Kier alpha value is -1.07. The molecule has 0 saturated heterocycles. The zero-order valence-corrected chi connectivity index (χ0v) is 5.46. The Balaban J connectivity index is 2.84. The normalized spacial score (nSPS) is 15.4. The van der Waals surface area contributed by atoms with Crippen molar-refractivity contribution in [3.63, 3.8) is 0 Å². The number of allylic oxidation sites excluding steroid dienone is 2. The molecular weight excluding hydrogens is 110 g/mol. The van der Waals surface area contributed by atoms with Crippen LogP contribution in [0.25, 0.3) is 0 Å². The second-order valence-electron chi connectivity index (χ2n) is 1.80. The van der Waals surface area contributed by atoms with Crippen LogP contribution in [0.5, 0.6) is 0 Å². The fraction of sp³-hybridized carbons (Fsp3) is 0.250. The van der Waals surface area contributed by atoms with Gasteiger partial charge in [-0.05, 0) is 24.1 Å². The van der Waals surface area contributed by atoms with Gasteiger partial charge in [-0.2, -0.15) is 0 Å². The summed E-state index contributed by atoms with van der Waals surface area (Å²) in [6.45, 7) is 2.10. The summed E-state index contributed by atoms with van der Waals surface area (Å²) in [6.07, 6.45) is 8.35. The van der Waals surface area contributed by atoms with Crippen LogP contribution in [0.4, 0.5) is 0 Å². The molecule has 1 heterocycles. The average Bonchev–Trinajstić information content (AvgIpc) is 2.13. The second-order valence-corrected chi connectivity index (χ2v) is 1.80. The van der Waals surface area contributed by atoms with Gasteiger partial charge in [-0.1, -0.05) is 6.92 Å². The first-order valence-electron chi connectivity index (χ1n) is 3.07. The van der Waals surface area contributed by atoms with Gasteiger partial charge in [0, 0.05) is 12.4 Å². The Morgan fingerprint density at radius 2 is 2.56 bits per heavy atom. The van der Waals surface area contributed by atoms with E-state index < -0.39 is 0 Å². The molecular formula is C8H9N. The fourth-order valence-corrected chi connectivity index (χ4v) is 0.638. The summed E-state index contributed by atoms with van der Waals surface area (Å²) in [4.78, 5) is 3.92. The first-order chi connectivity index (χ1) is 4.43. The maximum Gasteiger partial charge on any atom is 0.0345 e. The molecule has 0 bridgehead atoms. The molecule has 0 amide bonds. The van der Waals surface area contributed by atoms with Crippen LogP contribution in [-0.2, 0) is 0 Å². The molecule has 0 saturated carbocycles. The third-order valence-corrected chi connectivity index (χ3v) is 1.17. The summed E-state index contributed by atoms with van der Waals surface area (Å²) in [5.74, 6) is 0. The number of hydrogen-bond donors (Lipinski definition) is 0. The van der Waals surface area contributed by atoms with E-state index in [2.05, 4.69) is 17.6 Å². The Bertz CT molecular complexity index is 203. The van der Waals surface area contributed by atoms with Crippen molar-refractivity contribution in [1.29, 1.82) is 0 Å². The zero-order chi connectivity index (χ0) is 6.53. The van der Waals surface area contributed by atoms with Crippen LogP contribution in [-0.4, -0.2) is 6.21 Å². The molecule has 1 aliphatic rings. The number of rotatable bonds is 1. The van der Waals surface area contributed by atoms with Crippen molar-refractivity contribution in [2.24, 2.45) is 4.99 Å². The molecule has 9 heavy (non-hydrogen) atoms. The lowest BCUT2D eigenvalue weighted by Crippen LogP contribution is -1.66. The monoisotopic (exact) mass is 119 g/mol. The summed E-state index contributed by atoms with van der Waals surface area (Å²) in [5, 5.41) is 0. The summed E-state index contributed by atoms with van der Waals surface area (Å²) in [5.41, 5.74) is 4.29. The topological polar surface area (TPSA) is 12.4 Å². The van der Waals surface area contributed by atoms with Crippen molar-refractivity contribution in [1.82, 2.24) is 0 Å². The predicted molar refractivity (Wildman–Crippen MR) is 39.5 cm³/mol. The molecule has 0 aromatic heterocycles. The lowest BCUT2D eigenvalue weighted by Gasteiger charge is -1.85. The number of nitrogens with zero attached hydrogens (tertiary/aromatic N) is 1. The summed E-state index contributed by atoms with van der Waals surface area (Å²) >= 11 is 0. The predicted octanol–water partition coefficient (Wildman–Crippen LogP) is 2.08. The molecule has 0 atom stereocenters. The molecule has 1 nitrogen and oxygen atoms in total. The maximum atomic E-state index is 3.92. The molecule has 0 radical (unpaired) electrons. The summed E-state index contributed by atoms with van der Waals surface area (Å²) < 4.78 is 0. The van der Waals surface area contributed by atoms with E-state index in [9.17, 15) is 0 Å². The van der Waals surface area contributed by atoms with Gasteiger partial charge in [0.25, 0.3) is 0 Å². The Morgan fingerprint density at radius 1 is 1.67 bits per heavy atom. The van der Waals surface area contributed by atoms with Crippen molar-refractivity contribution < 1.29 is 0 Å². The molecule has 0 aromatic carbocycles. The van der Waals surface area contributed by atoms with E-state index in [0.717, 1.165) is 6.42 Å². The Kier molecular flexibility index (Phi) is 2.06. The van der Waals surface area contributed by atoms with E-state index in [1.807, 2.05) is 12.2 Å². The minimum atomic E-state index is 1.02. The van der Waals surface area contributed by atoms with Gasteiger partial charge >= 0.3 is 0 Å². The lowest BCUT2D eigenvalue weighted by molar-refractivity contribution is 1.15. The summed E-state index contributed by atoms with van der Waals surface area (Å²) in [6, 6.07) is 0. The highest BCUT2D eigenvalue weighted by atomic mass is 14.7. The van der Waals surface area contributed by atoms with Gasteiger partial charge in [-0.25, -0.2) is 0 Å². The van der Waals surface area contributed by atoms with Crippen LogP contribution >= 0.6 is 0 Å². The average molecular weight is 119 g/mol. The first-order valence-corrected chi connectivity index (χ1v) is 3.07. The molecule has 0 fully saturated rings. The van der Waals surface area contributed by atoms with Gasteiger partial charge in [-0.3, -0.25) is 4.99 Å². The minimum Gasteiger partial charge on any atom is -0.264 e. The molecule has 0 N–H and O–H groups in total. The second kappa shape index (κ2) is 3.06. The molecule has 1 aliphatic heterocycles. The zero-order valence-electron chi connectivity index (χ0n) is 5.46. The van der Waals surface area contributed by atoms with Crippen LogP contribution < -0.4 is 0 Å². The van der Waals surface area contributed by atoms with Crippen LogP contribution in [0.15, 0.2) is 34.6 Å². The van der Waals surface area contributed by atoms with E-state index in [4.69, 9.17) is 0 Å². The van der Waals surface area contributed by atoms with Crippen LogP contribution in [0.3, 0.4) is 0 Å². The van der Waals surface area contributed by atoms with E-state index in [-0.39, 0.29) is 0 Å². The molecule has 0 aromatic rings. The molecule has 0 unspecified atom stereocenters. The van der Waals surface area contributed by atoms with Gasteiger partial charge in [0.05, 0.1) is 0 Å². The highest BCUT2D eigenvalue weighted by Crippen LogP contribution is 2.00. The Morgan fingerprint density at radius 3 is 3.33 bits per heavy atom. The lowest BCUT2D eigenvalue weighted by atomic mass is 10.2. The van der Waals surface area contributed by atoms with Gasteiger partial charge in [0.2, 0.25) is 0 Å². The van der Waals surface area contributed by atoms with Crippen molar-refractivity contribution in [3.05, 3.63) is 29.7 Å². The van der Waals surface area contributed by atoms with E-state index in [1.165, 1.54) is 5.57 Å². The fourth-order valence-electron chi connectivity index (χ4n) is 0.638. The number of aliphatic imine (C=N–C) groups is 1. The maximum absolute atomic E-state index is 3.92.